The fourth-order valence-electron chi connectivity index (χ4n) is 2.98. The molecule has 3 heterocycles. The number of hydrogen-bond acceptors (Lipinski definition) is 6. The molecule has 0 saturated carbocycles. The van der Waals surface area contributed by atoms with Crippen LogP contribution in [0.2, 0.25) is 0 Å². The van der Waals surface area contributed by atoms with Gasteiger partial charge in [0.1, 0.15) is 5.01 Å². The van der Waals surface area contributed by atoms with Gasteiger partial charge in [0, 0.05) is 17.8 Å². The third-order valence-corrected chi connectivity index (χ3v) is 5.22. The first-order chi connectivity index (χ1) is 13.5. The van der Waals surface area contributed by atoms with Crippen LogP contribution < -0.4 is 5.32 Å². The van der Waals surface area contributed by atoms with Gasteiger partial charge in [0.25, 0.3) is 5.91 Å². The molecular formula is C20H20N6OS. The van der Waals surface area contributed by atoms with Gasteiger partial charge in [-0.1, -0.05) is 41.7 Å². The van der Waals surface area contributed by atoms with Gasteiger partial charge in [-0.25, -0.2) is 9.67 Å². The summed E-state index contributed by atoms with van der Waals surface area (Å²) in [4.78, 5) is 17.3. The van der Waals surface area contributed by atoms with Crippen molar-refractivity contribution < 1.29 is 4.79 Å². The summed E-state index contributed by atoms with van der Waals surface area (Å²) in [6.45, 7) is 5.92. The second-order valence-electron chi connectivity index (χ2n) is 6.83. The highest BCUT2D eigenvalue weighted by atomic mass is 32.1. The number of fused-ring (bicyclic) bond motifs is 1. The van der Waals surface area contributed by atoms with Crippen LogP contribution in [0.1, 0.15) is 46.5 Å². The summed E-state index contributed by atoms with van der Waals surface area (Å²) >= 11 is 1.38. The molecule has 0 saturated heterocycles. The summed E-state index contributed by atoms with van der Waals surface area (Å²) in [5, 5.41) is 17.7. The fourth-order valence-corrected chi connectivity index (χ4v) is 3.75. The van der Waals surface area contributed by atoms with Gasteiger partial charge in [-0.3, -0.25) is 10.1 Å². The van der Waals surface area contributed by atoms with Crippen LogP contribution in [0, 0.1) is 6.92 Å². The van der Waals surface area contributed by atoms with Crippen LogP contribution in [0.4, 0.5) is 5.13 Å². The smallest absolute Gasteiger partial charge is 0.259 e. The second kappa shape index (κ2) is 7.47. The number of aromatic nitrogens is 5. The molecule has 0 aliphatic carbocycles. The summed E-state index contributed by atoms with van der Waals surface area (Å²) in [5.74, 6) is -0.244. The zero-order valence-corrected chi connectivity index (χ0v) is 16.7. The van der Waals surface area contributed by atoms with E-state index in [-0.39, 0.29) is 11.9 Å². The predicted octanol–water partition coefficient (Wildman–Crippen LogP) is 4.02. The van der Waals surface area contributed by atoms with Crippen LogP contribution in [0.3, 0.4) is 0 Å². The normalized spacial score (nSPS) is 11.3. The number of hydrogen-bond donors (Lipinski definition) is 1. The number of rotatable bonds is 5. The number of carbonyl (C=O) groups is 1. The molecule has 0 atom stereocenters. The van der Waals surface area contributed by atoms with Gasteiger partial charge >= 0.3 is 0 Å². The second-order valence-corrected chi connectivity index (χ2v) is 7.90. The summed E-state index contributed by atoms with van der Waals surface area (Å²) in [6.07, 6.45) is 2.43. The molecule has 0 spiro atoms. The molecule has 3 aromatic heterocycles. The molecular weight excluding hydrogens is 372 g/mol. The lowest BCUT2D eigenvalue weighted by atomic mass is 10.1. The van der Waals surface area contributed by atoms with Gasteiger partial charge in [0.15, 0.2) is 5.65 Å². The van der Waals surface area contributed by atoms with Crippen LogP contribution in [0.15, 0.2) is 42.6 Å². The molecule has 1 aromatic carbocycles. The molecule has 0 radical (unpaired) electrons. The monoisotopic (exact) mass is 392 g/mol. The number of anilines is 1. The Kier molecular flexibility index (Phi) is 4.87. The maximum atomic E-state index is 12.7. The highest BCUT2D eigenvalue weighted by Gasteiger charge is 2.17. The number of nitrogens with zero attached hydrogens (tertiary/aromatic N) is 5. The lowest BCUT2D eigenvalue weighted by Gasteiger charge is -2.08. The van der Waals surface area contributed by atoms with Crippen molar-refractivity contribution in [2.45, 2.75) is 33.2 Å². The minimum absolute atomic E-state index is 0.202. The van der Waals surface area contributed by atoms with Gasteiger partial charge in [-0.15, -0.1) is 10.2 Å². The summed E-state index contributed by atoms with van der Waals surface area (Å²) in [6, 6.07) is 12.1. The minimum Gasteiger partial charge on any atom is -0.296 e. The molecule has 1 N–H and O–H groups in total. The number of nitrogens with one attached hydrogen (secondary N) is 1. The van der Waals surface area contributed by atoms with Crippen molar-refractivity contribution in [1.82, 2.24) is 25.0 Å². The number of pyridine rings is 1. The Hall–Kier alpha value is -3.13. The van der Waals surface area contributed by atoms with Crippen molar-refractivity contribution in [3.63, 3.8) is 0 Å². The summed E-state index contributed by atoms with van der Waals surface area (Å²) in [5.41, 5.74) is 3.10. The SMILES string of the molecule is Cc1nc2c(cnn2C(C)C)cc1C(=O)Nc1nnc(Cc2ccccc2)s1. The van der Waals surface area contributed by atoms with E-state index in [4.69, 9.17) is 0 Å². The van der Waals surface area contributed by atoms with E-state index in [2.05, 4.69) is 25.6 Å². The third kappa shape index (κ3) is 3.63. The zero-order chi connectivity index (χ0) is 19.7. The molecule has 28 heavy (non-hydrogen) atoms. The van der Waals surface area contributed by atoms with Gasteiger partial charge in [0.05, 0.1) is 17.5 Å². The van der Waals surface area contributed by atoms with E-state index in [9.17, 15) is 4.79 Å². The van der Waals surface area contributed by atoms with Gasteiger partial charge < -0.3 is 0 Å². The van der Waals surface area contributed by atoms with Crippen molar-refractivity contribution in [3.05, 3.63) is 64.4 Å². The first-order valence-corrected chi connectivity index (χ1v) is 9.85. The van der Waals surface area contributed by atoms with Crippen molar-refractivity contribution in [3.8, 4) is 0 Å². The van der Waals surface area contributed by atoms with E-state index in [1.54, 1.807) is 6.20 Å². The Balaban J connectivity index is 1.53. The Morgan fingerprint density at radius 1 is 1.21 bits per heavy atom. The number of amides is 1. The topological polar surface area (TPSA) is 85.6 Å². The third-order valence-electron chi connectivity index (χ3n) is 4.38. The first kappa shape index (κ1) is 18.2. The van der Waals surface area contributed by atoms with Crippen LogP contribution in [-0.2, 0) is 6.42 Å². The van der Waals surface area contributed by atoms with E-state index in [1.807, 2.05) is 61.9 Å². The van der Waals surface area contributed by atoms with Crippen LogP contribution >= 0.6 is 11.3 Å². The first-order valence-electron chi connectivity index (χ1n) is 9.04. The van der Waals surface area contributed by atoms with E-state index in [0.29, 0.717) is 22.8 Å². The molecule has 8 heteroatoms. The Labute approximate surface area is 166 Å². The Morgan fingerprint density at radius 3 is 2.75 bits per heavy atom. The molecule has 4 rings (SSSR count). The molecule has 0 aliphatic rings. The molecule has 4 aromatic rings. The molecule has 0 fully saturated rings. The molecule has 1 amide bonds. The summed E-state index contributed by atoms with van der Waals surface area (Å²) < 4.78 is 1.85. The average molecular weight is 392 g/mol. The number of aryl methyl sites for hydroxylation is 1. The van der Waals surface area contributed by atoms with Crippen molar-refractivity contribution in [1.29, 1.82) is 0 Å². The predicted molar refractivity (Wildman–Crippen MR) is 110 cm³/mol. The van der Waals surface area contributed by atoms with Crippen LogP contribution in [0.25, 0.3) is 11.0 Å². The zero-order valence-electron chi connectivity index (χ0n) is 15.9. The van der Waals surface area contributed by atoms with E-state index >= 15 is 0 Å². The lowest BCUT2D eigenvalue weighted by Crippen LogP contribution is -2.14. The molecule has 0 bridgehead atoms. The maximum absolute atomic E-state index is 12.7. The van der Waals surface area contributed by atoms with Crippen molar-refractivity contribution >= 4 is 33.4 Å². The largest absolute Gasteiger partial charge is 0.296 e. The van der Waals surface area contributed by atoms with Crippen molar-refractivity contribution in [2.24, 2.45) is 0 Å². The Bertz CT molecular complexity index is 1130. The quantitative estimate of drug-likeness (QED) is 0.554. The summed E-state index contributed by atoms with van der Waals surface area (Å²) in [7, 11) is 0. The average Bonchev–Trinajstić information content (AvgIpc) is 3.28. The number of benzene rings is 1. The standard InChI is InChI=1S/C20H20N6OS/c1-12(2)26-18-15(11-21-26)10-16(13(3)22-18)19(27)23-20-25-24-17(28-20)9-14-7-5-4-6-8-14/h4-8,10-12H,9H2,1-3H3,(H,23,25,27). The van der Waals surface area contributed by atoms with E-state index in [1.165, 1.54) is 11.3 Å². The number of carbonyl (C=O) groups excluding carboxylic acids is 1. The van der Waals surface area contributed by atoms with Gasteiger partial charge in [-0.05, 0) is 32.4 Å². The molecule has 7 nitrogen and oxygen atoms in total. The highest BCUT2D eigenvalue weighted by molar-refractivity contribution is 7.15. The maximum Gasteiger partial charge on any atom is 0.259 e. The van der Waals surface area contributed by atoms with Crippen molar-refractivity contribution in [2.75, 3.05) is 5.32 Å². The van der Waals surface area contributed by atoms with E-state index in [0.717, 1.165) is 21.6 Å². The molecule has 0 unspecified atom stereocenters. The molecule has 142 valence electrons. The van der Waals surface area contributed by atoms with Crippen LogP contribution in [0.5, 0.6) is 0 Å². The molecule has 0 aliphatic heterocycles. The van der Waals surface area contributed by atoms with Gasteiger partial charge in [0.2, 0.25) is 5.13 Å². The van der Waals surface area contributed by atoms with Crippen LogP contribution in [-0.4, -0.2) is 30.9 Å². The Morgan fingerprint density at radius 2 is 2.00 bits per heavy atom. The van der Waals surface area contributed by atoms with Gasteiger partial charge in [-0.2, -0.15) is 5.10 Å². The van der Waals surface area contributed by atoms with E-state index < -0.39 is 0 Å². The minimum atomic E-state index is -0.244. The lowest BCUT2D eigenvalue weighted by molar-refractivity contribution is 0.102. The highest BCUT2D eigenvalue weighted by Crippen LogP contribution is 2.22. The fraction of sp³-hybridized carbons (Fsp3) is 0.250.